The summed E-state index contributed by atoms with van der Waals surface area (Å²) in [5.74, 6) is 2.50. The number of nitrogens with zero attached hydrogens (tertiary/aromatic N) is 3. The fourth-order valence-electron chi connectivity index (χ4n) is 2.29. The average Bonchev–Trinajstić information content (AvgIpc) is 2.96. The molecule has 1 heterocycles. The zero-order valence-electron chi connectivity index (χ0n) is 13.5. The third-order valence-corrected chi connectivity index (χ3v) is 5.19. The first-order chi connectivity index (χ1) is 11.6. The number of halogens is 1. The molecule has 0 aliphatic heterocycles. The van der Waals surface area contributed by atoms with Gasteiger partial charge in [-0.25, -0.2) is 0 Å². The molecule has 0 bridgehead atoms. The smallest absolute Gasteiger partial charge is 0.191 e. The quantitative estimate of drug-likeness (QED) is 0.542. The zero-order valence-corrected chi connectivity index (χ0v) is 15.9. The number of rotatable bonds is 6. The molecule has 3 aromatic rings. The molecular formula is C18H18BrN3OS. The number of para-hydroxylation sites is 1. The first kappa shape index (κ1) is 17.0. The number of hydrogen-bond donors (Lipinski definition) is 0. The molecule has 0 fully saturated rings. The van der Waals surface area contributed by atoms with Crippen molar-refractivity contribution >= 4 is 27.7 Å². The van der Waals surface area contributed by atoms with Gasteiger partial charge in [-0.1, -0.05) is 58.0 Å². The van der Waals surface area contributed by atoms with E-state index < -0.39 is 0 Å². The van der Waals surface area contributed by atoms with Gasteiger partial charge in [0.15, 0.2) is 17.1 Å². The van der Waals surface area contributed by atoms with Gasteiger partial charge >= 0.3 is 0 Å². The second-order valence-electron chi connectivity index (χ2n) is 5.39. The summed E-state index contributed by atoms with van der Waals surface area (Å²) in [6.07, 6.45) is -0.160. The van der Waals surface area contributed by atoms with Crippen molar-refractivity contribution in [3.05, 3.63) is 70.5 Å². The summed E-state index contributed by atoms with van der Waals surface area (Å²) in [4.78, 5) is 0. The van der Waals surface area contributed by atoms with E-state index in [0.29, 0.717) is 0 Å². The Hall–Kier alpha value is -1.79. The van der Waals surface area contributed by atoms with Crippen LogP contribution in [0.3, 0.4) is 0 Å². The van der Waals surface area contributed by atoms with Crippen LogP contribution in [0.25, 0.3) is 0 Å². The molecular weight excluding hydrogens is 386 g/mol. The summed E-state index contributed by atoms with van der Waals surface area (Å²) in [5, 5.41) is 9.48. The molecule has 0 saturated heterocycles. The van der Waals surface area contributed by atoms with E-state index in [-0.39, 0.29) is 6.10 Å². The van der Waals surface area contributed by atoms with Gasteiger partial charge in [-0.3, -0.25) is 0 Å². The Morgan fingerprint density at radius 1 is 1.08 bits per heavy atom. The van der Waals surface area contributed by atoms with E-state index in [2.05, 4.69) is 38.3 Å². The summed E-state index contributed by atoms with van der Waals surface area (Å²) < 4.78 is 9.02. The molecule has 0 amide bonds. The second kappa shape index (κ2) is 7.85. The van der Waals surface area contributed by atoms with Gasteiger partial charge in [-0.2, -0.15) is 0 Å². The van der Waals surface area contributed by atoms with Crippen molar-refractivity contribution in [1.29, 1.82) is 0 Å². The van der Waals surface area contributed by atoms with Crippen LogP contribution < -0.4 is 4.74 Å². The molecule has 0 N–H and O–H groups in total. The highest BCUT2D eigenvalue weighted by atomic mass is 79.9. The summed E-state index contributed by atoms with van der Waals surface area (Å²) in [7, 11) is 1.98. The van der Waals surface area contributed by atoms with E-state index in [4.69, 9.17) is 4.74 Å². The van der Waals surface area contributed by atoms with E-state index in [1.54, 1.807) is 11.8 Å². The molecule has 24 heavy (non-hydrogen) atoms. The summed E-state index contributed by atoms with van der Waals surface area (Å²) in [5.41, 5.74) is 1.25. The maximum atomic E-state index is 5.93. The van der Waals surface area contributed by atoms with Crippen LogP contribution in [-0.2, 0) is 12.8 Å². The number of aromatic nitrogens is 3. The van der Waals surface area contributed by atoms with Crippen molar-refractivity contribution in [3.63, 3.8) is 0 Å². The number of benzene rings is 2. The third-order valence-electron chi connectivity index (χ3n) is 3.57. The summed E-state index contributed by atoms with van der Waals surface area (Å²) >= 11 is 5.12. The Morgan fingerprint density at radius 2 is 1.79 bits per heavy atom. The van der Waals surface area contributed by atoms with Crippen LogP contribution in [0, 0.1) is 0 Å². The largest absolute Gasteiger partial charge is 0.483 e. The van der Waals surface area contributed by atoms with Gasteiger partial charge in [-0.15, -0.1) is 10.2 Å². The van der Waals surface area contributed by atoms with E-state index in [9.17, 15) is 0 Å². The number of hydrogen-bond acceptors (Lipinski definition) is 4. The van der Waals surface area contributed by atoms with Crippen molar-refractivity contribution in [2.75, 3.05) is 0 Å². The highest BCUT2D eigenvalue weighted by molar-refractivity contribution is 9.10. The van der Waals surface area contributed by atoms with Gasteiger partial charge in [0, 0.05) is 17.3 Å². The van der Waals surface area contributed by atoms with E-state index in [0.717, 1.165) is 27.0 Å². The van der Waals surface area contributed by atoms with Gasteiger partial charge in [0.1, 0.15) is 5.75 Å². The molecule has 0 aliphatic carbocycles. The monoisotopic (exact) mass is 403 g/mol. The predicted octanol–water partition coefficient (Wildman–Crippen LogP) is 5.01. The maximum absolute atomic E-state index is 5.93. The Bertz CT molecular complexity index is 790. The molecule has 4 nitrogen and oxygen atoms in total. The minimum absolute atomic E-state index is 0.160. The fraction of sp³-hybridized carbons (Fsp3) is 0.222. The Morgan fingerprint density at radius 3 is 2.50 bits per heavy atom. The van der Waals surface area contributed by atoms with Crippen LogP contribution in [-0.4, -0.2) is 14.8 Å². The van der Waals surface area contributed by atoms with Crippen molar-refractivity contribution in [1.82, 2.24) is 14.8 Å². The molecule has 1 atom stereocenters. The molecule has 6 heteroatoms. The molecule has 0 unspecified atom stereocenters. The maximum Gasteiger partial charge on any atom is 0.191 e. The first-order valence-electron chi connectivity index (χ1n) is 7.61. The van der Waals surface area contributed by atoms with Crippen LogP contribution in [0.4, 0.5) is 0 Å². The topological polar surface area (TPSA) is 39.9 Å². The fourth-order valence-corrected chi connectivity index (χ4v) is 3.43. The normalized spacial score (nSPS) is 12.1. The molecule has 0 aliphatic rings. The highest BCUT2D eigenvalue weighted by Gasteiger charge is 2.17. The van der Waals surface area contributed by atoms with Crippen molar-refractivity contribution in [2.24, 2.45) is 7.05 Å². The average molecular weight is 404 g/mol. The minimum Gasteiger partial charge on any atom is -0.483 e. The first-order valence-corrected chi connectivity index (χ1v) is 9.39. The van der Waals surface area contributed by atoms with Crippen LogP contribution in [0.15, 0.2) is 64.2 Å². The van der Waals surface area contributed by atoms with Crippen LogP contribution in [0.2, 0.25) is 0 Å². The highest BCUT2D eigenvalue weighted by Crippen LogP contribution is 2.25. The van der Waals surface area contributed by atoms with Gasteiger partial charge in [-0.05, 0) is 36.8 Å². The Labute approximate surface area is 154 Å². The van der Waals surface area contributed by atoms with Crippen LogP contribution >= 0.6 is 27.7 Å². The lowest BCUT2D eigenvalue weighted by Gasteiger charge is -2.14. The Balaban J connectivity index is 1.65. The standard InChI is InChI=1S/C18H18BrN3OS/c1-13(23-16-6-4-3-5-7-16)17-20-21-18(22(17)2)24-12-14-8-10-15(19)11-9-14/h3-11,13H,12H2,1-2H3/t13-/m0/s1. The van der Waals surface area contributed by atoms with Gasteiger partial charge in [0.25, 0.3) is 0 Å². The molecule has 0 spiro atoms. The molecule has 0 saturated carbocycles. The predicted molar refractivity (Wildman–Crippen MR) is 100 cm³/mol. The second-order valence-corrected chi connectivity index (χ2v) is 7.25. The molecule has 2 aromatic carbocycles. The lowest BCUT2D eigenvalue weighted by atomic mass is 10.2. The van der Waals surface area contributed by atoms with Crippen molar-refractivity contribution < 1.29 is 4.74 Å². The van der Waals surface area contributed by atoms with Crippen molar-refractivity contribution in [2.45, 2.75) is 23.9 Å². The SMILES string of the molecule is C[C@H](Oc1ccccc1)c1nnc(SCc2ccc(Br)cc2)n1C. The summed E-state index contributed by atoms with van der Waals surface area (Å²) in [6, 6.07) is 18.1. The van der Waals surface area contributed by atoms with Gasteiger partial charge in [0.05, 0.1) is 0 Å². The van der Waals surface area contributed by atoms with E-state index in [1.807, 2.05) is 61.0 Å². The molecule has 1 aromatic heterocycles. The Kier molecular flexibility index (Phi) is 5.58. The summed E-state index contributed by atoms with van der Waals surface area (Å²) in [6.45, 7) is 1.99. The van der Waals surface area contributed by atoms with E-state index >= 15 is 0 Å². The van der Waals surface area contributed by atoms with Crippen LogP contribution in [0.1, 0.15) is 24.4 Å². The molecule has 3 rings (SSSR count). The van der Waals surface area contributed by atoms with Gasteiger partial charge in [0.2, 0.25) is 0 Å². The number of ether oxygens (including phenoxy) is 1. The molecule has 124 valence electrons. The molecule has 0 radical (unpaired) electrons. The number of thioether (sulfide) groups is 1. The van der Waals surface area contributed by atoms with Gasteiger partial charge < -0.3 is 9.30 Å². The minimum atomic E-state index is -0.160. The van der Waals surface area contributed by atoms with Crippen LogP contribution in [0.5, 0.6) is 5.75 Å². The third kappa shape index (κ3) is 4.19. The van der Waals surface area contributed by atoms with E-state index in [1.165, 1.54) is 5.56 Å². The zero-order chi connectivity index (χ0) is 16.9. The lowest BCUT2D eigenvalue weighted by Crippen LogP contribution is -2.10. The van der Waals surface area contributed by atoms with Crippen molar-refractivity contribution in [3.8, 4) is 5.75 Å². The lowest BCUT2D eigenvalue weighted by molar-refractivity contribution is 0.211.